The van der Waals surface area contributed by atoms with Crippen LogP contribution in [0.3, 0.4) is 0 Å². The summed E-state index contributed by atoms with van der Waals surface area (Å²) in [5.41, 5.74) is 1.53. The van der Waals surface area contributed by atoms with E-state index in [1.54, 1.807) is 11.6 Å². The van der Waals surface area contributed by atoms with Crippen LogP contribution in [-0.4, -0.2) is 10.7 Å². The lowest BCUT2D eigenvalue weighted by atomic mass is 10.1. The van der Waals surface area contributed by atoms with Gasteiger partial charge in [-0.3, -0.25) is 4.79 Å². The van der Waals surface area contributed by atoms with E-state index >= 15 is 0 Å². The molecule has 0 N–H and O–H groups in total. The van der Waals surface area contributed by atoms with E-state index in [9.17, 15) is 4.79 Å². The molecule has 3 heteroatoms. The first kappa shape index (κ1) is 10.1. The van der Waals surface area contributed by atoms with Crippen LogP contribution in [0.2, 0.25) is 0 Å². The molecule has 1 atom stereocenters. The SMILES string of the molecule is CC1C=Cc2c(c3ccccc3n(C)c2=O)O1. The summed E-state index contributed by atoms with van der Waals surface area (Å²) in [6.07, 6.45) is 3.77. The molecule has 0 fully saturated rings. The molecule has 1 aromatic carbocycles. The third-order valence-electron chi connectivity index (χ3n) is 3.13. The molecule has 1 aromatic heterocycles. The first-order valence-corrected chi connectivity index (χ1v) is 5.65. The van der Waals surface area contributed by atoms with Gasteiger partial charge < -0.3 is 9.30 Å². The van der Waals surface area contributed by atoms with Crippen molar-refractivity contribution in [2.24, 2.45) is 7.05 Å². The zero-order chi connectivity index (χ0) is 12.0. The molecule has 3 rings (SSSR count). The topological polar surface area (TPSA) is 31.2 Å². The molecular formula is C14H13NO2. The van der Waals surface area contributed by atoms with Crippen LogP contribution in [0.4, 0.5) is 0 Å². The van der Waals surface area contributed by atoms with Gasteiger partial charge in [-0.2, -0.15) is 0 Å². The fourth-order valence-electron chi connectivity index (χ4n) is 2.22. The van der Waals surface area contributed by atoms with Crippen LogP contribution in [-0.2, 0) is 7.05 Å². The Kier molecular flexibility index (Phi) is 2.08. The van der Waals surface area contributed by atoms with Crippen molar-refractivity contribution in [1.82, 2.24) is 4.57 Å². The highest BCUT2D eigenvalue weighted by molar-refractivity contribution is 5.89. The van der Waals surface area contributed by atoms with E-state index in [4.69, 9.17) is 4.74 Å². The number of aromatic nitrogens is 1. The van der Waals surface area contributed by atoms with E-state index in [2.05, 4.69) is 0 Å². The predicted molar refractivity (Wildman–Crippen MR) is 68.3 cm³/mol. The molecule has 3 nitrogen and oxygen atoms in total. The Bertz CT molecular complexity index is 682. The average molecular weight is 227 g/mol. The Hall–Kier alpha value is -2.03. The molecule has 1 aliphatic rings. The van der Waals surface area contributed by atoms with Gasteiger partial charge in [0.2, 0.25) is 0 Å². The predicted octanol–water partition coefficient (Wildman–Crippen LogP) is 2.33. The first-order valence-electron chi connectivity index (χ1n) is 5.65. The Morgan fingerprint density at radius 2 is 2.06 bits per heavy atom. The Labute approximate surface area is 98.9 Å². The van der Waals surface area contributed by atoms with E-state index in [0.29, 0.717) is 11.3 Å². The third-order valence-corrected chi connectivity index (χ3v) is 3.13. The number of hydrogen-bond donors (Lipinski definition) is 0. The molecule has 2 aromatic rings. The van der Waals surface area contributed by atoms with Crippen LogP contribution >= 0.6 is 0 Å². The molecule has 0 saturated heterocycles. The fourth-order valence-corrected chi connectivity index (χ4v) is 2.22. The Balaban J connectivity index is 2.50. The van der Waals surface area contributed by atoms with Crippen molar-refractivity contribution in [1.29, 1.82) is 0 Å². The summed E-state index contributed by atoms with van der Waals surface area (Å²) in [5, 5.41) is 0.987. The summed E-state index contributed by atoms with van der Waals surface area (Å²) in [4.78, 5) is 12.2. The summed E-state index contributed by atoms with van der Waals surface area (Å²) in [6, 6.07) is 7.80. The molecule has 17 heavy (non-hydrogen) atoms. The Morgan fingerprint density at radius 3 is 2.88 bits per heavy atom. The van der Waals surface area contributed by atoms with Crippen molar-refractivity contribution < 1.29 is 4.74 Å². The van der Waals surface area contributed by atoms with Gasteiger partial charge in [0, 0.05) is 12.4 Å². The number of pyridine rings is 1. The summed E-state index contributed by atoms with van der Waals surface area (Å²) in [6.45, 7) is 1.96. The molecule has 86 valence electrons. The number of aryl methyl sites for hydroxylation is 1. The number of fused-ring (bicyclic) bond motifs is 3. The van der Waals surface area contributed by atoms with E-state index < -0.39 is 0 Å². The molecule has 1 unspecified atom stereocenters. The van der Waals surface area contributed by atoms with Gasteiger partial charge in [-0.1, -0.05) is 12.1 Å². The minimum atomic E-state index is -0.0122. The molecular weight excluding hydrogens is 214 g/mol. The maximum atomic E-state index is 12.2. The number of ether oxygens (including phenoxy) is 1. The Morgan fingerprint density at radius 1 is 1.29 bits per heavy atom. The molecule has 0 amide bonds. The second-order valence-electron chi connectivity index (χ2n) is 4.31. The van der Waals surface area contributed by atoms with Crippen molar-refractivity contribution in [3.05, 3.63) is 46.3 Å². The van der Waals surface area contributed by atoms with Gasteiger partial charge in [0.1, 0.15) is 11.9 Å². The largest absolute Gasteiger partial charge is 0.485 e. The molecule has 1 aliphatic heterocycles. The van der Waals surface area contributed by atoms with Gasteiger partial charge in [0.25, 0.3) is 5.56 Å². The summed E-state index contributed by atoms with van der Waals surface area (Å²) >= 11 is 0. The highest BCUT2D eigenvalue weighted by atomic mass is 16.5. The first-order chi connectivity index (χ1) is 8.18. The lowest BCUT2D eigenvalue weighted by Gasteiger charge is -2.20. The van der Waals surface area contributed by atoms with E-state index in [1.807, 2.05) is 43.3 Å². The molecule has 0 saturated carbocycles. The van der Waals surface area contributed by atoms with Crippen molar-refractivity contribution >= 4 is 17.0 Å². The lowest BCUT2D eigenvalue weighted by Crippen LogP contribution is -2.24. The zero-order valence-electron chi connectivity index (χ0n) is 9.81. The highest BCUT2D eigenvalue weighted by Gasteiger charge is 2.18. The van der Waals surface area contributed by atoms with Gasteiger partial charge in [-0.25, -0.2) is 0 Å². The number of rotatable bonds is 0. The van der Waals surface area contributed by atoms with Gasteiger partial charge in [0.15, 0.2) is 0 Å². The van der Waals surface area contributed by atoms with Gasteiger partial charge >= 0.3 is 0 Å². The highest BCUT2D eigenvalue weighted by Crippen LogP contribution is 2.31. The summed E-state index contributed by atoms with van der Waals surface area (Å²) in [7, 11) is 1.79. The van der Waals surface area contributed by atoms with Crippen LogP contribution in [0.15, 0.2) is 35.1 Å². The summed E-state index contributed by atoms with van der Waals surface area (Å²) < 4.78 is 7.45. The van der Waals surface area contributed by atoms with Gasteiger partial charge in [0.05, 0.1) is 11.1 Å². The van der Waals surface area contributed by atoms with E-state index in [0.717, 1.165) is 10.9 Å². The van der Waals surface area contributed by atoms with Gasteiger partial charge in [-0.05, 0) is 31.2 Å². The number of hydrogen-bond acceptors (Lipinski definition) is 2. The smallest absolute Gasteiger partial charge is 0.261 e. The van der Waals surface area contributed by atoms with E-state index in [1.165, 1.54) is 0 Å². The maximum Gasteiger partial charge on any atom is 0.261 e. The molecule has 0 bridgehead atoms. The lowest BCUT2D eigenvalue weighted by molar-refractivity contribution is 0.268. The van der Waals surface area contributed by atoms with E-state index in [-0.39, 0.29) is 11.7 Å². The normalized spacial score (nSPS) is 17.9. The summed E-state index contributed by atoms with van der Waals surface area (Å²) in [5.74, 6) is 0.707. The van der Waals surface area contributed by atoms with Crippen LogP contribution < -0.4 is 10.3 Å². The standard InChI is InChI=1S/C14H13NO2/c1-9-7-8-11-13(17-9)10-5-3-4-6-12(10)15(2)14(11)16/h3-9H,1-2H3. The molecule has 0 radical (unpaired) electrons. The number of nitrogens with zero attached hydrogens (tertiary/aromatic N) is 1. The zero-order valence-corrected chi connectivity index (χ0v) is 9.81. The van der Waals surface area contributed by atoms with Crippen LogP contribution in [0.5, 0.6) is 5.75 Å². The number of benzene rings is 1. The maximum absolute atomic E-state index is 12.2. The van der Waals surface area contributed by atoms with Crippen LogP contribution in [0.1, 0.15) is 12.5 Å². The van der Waals surface area contributed by atoms with Crippen LogP contribution in [0.25, 0.3) is 17.0 Å². The minimum Gasteiger partial charge on any atom is -0.485 e. The molecule has 0 aliphatic carbocycles. The third kappa shape index (κ3) is 1.39. The van der Waals surface area contributed by atoms with Crippen LogP contribution in [0, 0.1) is 0 Å². The van der Waals surface area contributed by atoms with Gasteiger partial charge in [-0.15, -0.1) is 0 Å². The average Bonchev–Trinajstić information content (AvgIpc) is 2.36. The second kappa shape index (κ2) is 3.48. The number of para-hydroxylation sites is 1. The second-order valence-corrected chi connectivity index (χ2v) is 4.31. The minimum absolute atomic E-state index is 0.0120. The molecule has 0 spiro atoms. The van der Waals surface area contributed by atoms with Crippen molar-refractivity contribution in [2.75, 3.05) is 0 Å². The molecule has 2 heterocycles. The monoisotopic (exact) mass is 227 g/mol. The fraction of sp³-hybridized carbons (Fsp3) is 0.214. The van der Waals surface area contributed by atoms with Crippen molar-refractivity contribution in [3.63, 3.8) is 0 Å². The van der Waals surface area contributed by atoms with Crippen molar-refractivity contribution in [3.8, 4) is 5.75 Å². The quantitative estimate of drug-likeness (QED) is 0.691. The van der Waals surface area contributed by atoms with Crippen molar-refractivity contribution in [2.45, 2.75) is 13.0 Å².